The number of nitrogens with zero attached hydrogens (tertiary/aromatic N) is 1. The lowest BCUT2D eigenvalue weighted by molar-refractivity contribution is -0.275. The molecule has 0 fully saturated rings. The van der Waals surface area contributed by atoms with Crippen molar-refractivity contribution in [2.75, 3.05) is 0 Å². The Kier molecular flexibility index (Phi) is 2.53. The summed E-state index contributed by atoms with van der Waals surface area (Å²) in [5.74, 6) is -2.04. The van der Waals surface area contributed by atoms with Crippen LogP contribution in [0.1, 0.15) is 0 Å². The van der Waals surface area contributed by atoms with Gasteiger partial charge in [-0.15, -0.1) is 13.2 Å². The third kappa shape index (κ3) is 1.97. The Hall–Kier alpha value is -1.31. The molecule has 1 aromatic heterocycles. The van der Waals surface area contributed by atoms with Crippen molar-refractivity contribution in [3.8, 4) is 5.75 Å². The monoisotopic (exact) mass is 298 g/mol. The number of hydrogen-bond acceptors (Lipinski definition) is 2. The molecule has 2 rings (SSSR count). The summed E-state index contributed by atoms with van der Waals surface area (Å²) in [4.78, 5) is 6.12. The van der Waals surface area contributed by atoms with Crippen LogP contribution in [0.25, 0.3) is 11.0 Å². The number of alkyl halides is 3. The van der Waals surface area contributed by atoms with Gasteiger partial charge in [-0.3, -0.25) is 0 Å². The average Bonchev–Trinajstić information content (AvgIpc) is 2.59. The summed E-state index contributed by atoms with van der Waals surface area (Å²) in [5, 5.41) is 0. The number of hydrogen-bond donors (Lipinski definition) is 1. The van der Waals surface area contributed by atoms with Gasteiger partial charge in [-0.1, -0.05) is 0 Å². The van der Waals surface area contributed by atoms with Crippen molar-refractivity contribution in [2.24, 2.45) is 0 Å². The Labute approximate surface area is 94.6 Å². The van der Waals surface area contributed by atoms with Gasteiger partial charge in [-0.25, -0.2) is 9.37 Å². The Morgan fingerprint density at radius 3 is 2.69 bits per heavy atom. The predicted octanol–water partition coefficient (Wildman–Crippen LogP) is 3.36. The molecule has 3 nitrogen and oxygen atoms in total. The maximum atomic E-state index is 13.3. The summed E-state index contributed by atoms with van der Waals surface area (Å²) < 4.78 is 53.2. The summed E-state index contributed by atoms with van der Waals surface area (Å²) in [7, 11) is 0. The molecule has 1 N–H and O–H groups in total. The van der Waals surface area contributed by atoms with Crippen LogP contribution in [0.2, 0.25) is 0 Å². The molecule has 0 saturated heterocycles. The second kappa shape index (κ2) is 3.62. The molecule has 8 heteroatoms. The summed E-state index contributed by atoms with van der Waals surface area (Å²) in [6.07, 6.45) is -3.80. The first-order valence-electron chi connectivity index (χ1n) is 3.95. The van der Waals surface area contributed by atoms with Crippen molar-refractivity contribution in [1.29, 1.82) is 0 Å². The third-order valence-corrected chi connectivity index (χ3v) is 2.39. The van der Waals surface area contributed by atoms with Crippen LogP contribution in [-0.2, 0) is 0 Å². The number of benzene rings is 1. The van der Waals surface area contributed by atoms with E-state index < -0.39 is 17.9 Å². The SMILES string of the molecule is Fc1cc(Br)c2nc[nH]c2c1OC(F)(F)F. The van der Waals surface area contributed by atoms with Gasteiger partial charge in [0.25, 0.3) is 0 Å². The molecule has 1 heterocycles. The number of nitrogens with one attached hydrogen (secondary N) is 1. The molecule has 0 aliphatic carbocycles. The van der Waals surface area contributed by atoms with Gasteiger partial charge < -0.3 is 9.72 Å². The molecule has 16 heavy (non-hydrogen) atoms. The number of rotatable bonds is 1. The van der Waals surface area contributed by atoms with E-state index in [1.54, 1.807) is 0 Å². The predicted molar refractivity (Wildman–Crippen MR) is 50.4 cm³/mol. The summed E-state index contributed by atoms with van der Waals surface area (Å²) in [5.41, 5.74) is 0.0184. The summed E-state index contributed by atoms with van der Waals surface area (Å²) in [6, 6.07) is 0.865. The van der Waals surface area contributed by atoms with Crippen LogP contribution in [0.3, 0.4) is 0 Å². The van der Waals surface area contributed by atoms with Crippen LogP contribution in [0.15, 0.2) is 16.9 Å². The number of H-pyrrole nitrogens is 1. The highest BCUT2D eigenvalue weighted by molar-refractivity contribution is 9.10. The van der Waals surface area contributed by atoms with Crippen molar-refractivity contribution >= 4 is 27.0 Å². The van der Waals surface area contributed by atoms with E-state index >= 15 is 0 Å². The largest absolute Gasteiger partial charge is 0.573 e. The lowest BCUT2D eigenvalue weighted by Gasteiger charge is -2.10. The molecule has 0 radical (unpaired) electrons. The minimum absolute atomic E-state index is 0.149. The van der Waals surface area contributed by atoms with Crippen molar-refractivity contribution in [1.82, 2.24) is 9.97 Å². The van der Waals surface area contributed by atoms with Crippen molar-refractivity contribution in [3.63, 3.8) is 0 Å². The van der Waals surface area contributed by atoms with Crippen molar-refractivity contribution in [2.45, 2.75) is 6.36 Å². The number of fused-ring (bicyclic) bond motifs is 1. The fraction of sp³-hybridized carbons (Fsp3) is 0.125. The highest BCUT2D eigenvalue weighted by Gasteiger charge is 2.34. The van der Waals surface area contributed by atoms with E-state index in [-0.39, 0.29) is 15.5 Å². The van der Waals surface area contributed by atoms with Gasteiger partial charge in [0.1, 0.15) is 11.0 Å². The van der Waals surface area contributed by atoms with E-state index in [1.165, 1.54) is 0 Å². The zero-order chi connectivity index (χ0) is 11.9. The van der Waals surface area contributed by atoms with Gasteiger partial charge in [0.2, 0.25) is 0 Å². The molecule has 0 bridgehead atoms. The smallest absolute Gasteiger partial charge is 0.400 e. The zero-order valence-corrected chi connectivity index (χ0v) is 8.99. The summed E-state index contributed by atoms with van der Waals surface area (Å²) in [6.45, 7) is 0. The van der Waals surface area contributed by atoms with E-state index in [0.717, 1.165) is 12.4 Å². The van der Waals surface area contributed by atoms with E-state index in [2.05, 4.69) is 30.6 Å². The Morgan fingerprint density at radius 2 is 2.06 bits per heavy atom. The molecule has 0 atom stereocenters. The number of aromatic nitrogens is 2. The molecule has 0 unspecified atom stereocenters. The minimum Gasteiger partial charge on any atom is -0.400 e. The van der Waals surface area contributed by atoms with Gasteiger partial charge in [0.05, 0.1) is 6.33 Å². The zero-order valence-electron chi connectivity index (χ0n) is 7.40. The lowest BCUT2D eigenvalue weighted by Crippen LogP contribution is -2.18. The van der Waals surface area contributed by atoms with Crippen LogP contribution in [0, 0.1) is 5.82 Å². The number of imidazole rings is 1. The highest BCUT2D eigenvalue weighted by Crippen LogP contribution is 2.35. The van der Waals surface area contributed by atoms with Crippen molar-refractivity contribution in [3.05, 3.63) is 22.7 Å². The Morgan fingerprint density at radius 1 is 1.38 bits per heavy atom. The van der Waals surface area contributed by atoms with E-state index in [1.807, 2.05) is 0 Å². The molecule has 0 saturated carbocycles. The normalized spacial score (nSPS) is 12.1. The first-order valence-corrected chi connectivity index (χ1v) is 4.74. The van der Waals surface area contributed by atoms with Crippen LogP contribution >= 0.6 is 15.9 Å². The fourth-order valence-corrected chi connectivity index (χ4v) is 1.73. The fourth-order valence-electron chi connectivity index (χ4n) is 1.23. The molecule has 1 aromatic carbocycles. The molecule has 0 aliphatic heterocycles. The molecular weight excluding hydrogens is 296 g/mol. The highest BCUT2D eigenvalue weighted by atomic mass is 79.9. The van der Waals surface area contributed by atoms with Gasteiger partial charge in [-0.2, -0.15) is 0 Å². The molecule has 86 valence electrons. The average molecular weight is 299 g/mol. The maximum absolute atomic E-state index is 13.3. The van der Waals surface area contributed by atoms with Crippen molar-refractivity contribution < 1.29 is 22.3 Å². The van der Waals surface area contributed by atoms with E-state index in [0.29, 0.717) is 0 Å². The second-order valence-corrected chi connectivity index (χ2v) is 3.70. The minimum atomic E-state index is -4.95. The molecule has 0 spiro atoms. The first kappa shape index (κ1) is 11.2. The molecular formula is C8H3BrF4N2O. The van der Waals surface area contributed by atoms with Gasteiger partial charge in [0, 0.05) is 4.47 Å². The molecule has 0 amide bonds. The van der Waals surface area contributed by atoms with E-state index in [9.17, 15) is 17.6 Å². The standard InChI is InChI=1S/C8H3BrF4N2O/c9-3-1-4(10)7(16-8(11,12)13)6-5(3)14-2-15-6/h1-2H,(H,14,15). The second-order valence-electron chi connectivity index (χ2n) is 2.84. The topological polar surface area (TPSA) is 37.9 Å². The van der Waals surface area contributed by atoms with Crippen LogP contribution in [0.5, 0.6) is 5.75 Å². The van der Waals surface area contributed by atoms with Crippen LogP contribution in [-0.4, -0.2) is 16.3 Å². The first-order chi connectivity index (χ1) is 7.38. The van der Waals surface area contributed by atoms with E-state index in [4.69, 9.17) is 0 Å². The number of halogens is 5. The third-order valence-electron chi connectivity index (χ3n) is 1.78. The Balaban J connectivity index is 2.64. The number of ether oxygens (including phenoxy) is 1. The van der Waals surface area contributed by atoms with Gasteiger partial charge in [-0.05, 0) is 22.0 Å². The molecule has 0 aliphatic rings. The lowest BCUT2D eigenvalue weighted by atomic mass is 10.3. The molecule has 2 aromatic rings. The van der Waals surface area contributed by atoms with Crippen LogP contribution < -0.4 is 4.74 Å². The number of aromatic amines is 1. The Bertz CT molecular complexity index is 537. The van der Waals surface area contributed by atoms with Gasteiger partial charge >= 0.3 is 6.36 Å². The quantitative estimate of drug-likeness (QED) is 0.820. The van der Waals surface area contributed by atoms with Gasteiger partial charge in [0.15, 0.2) is 11.6 Å². The maximum Gasteiger partial charge on any atom is 0.573 e. The summed E-state index contributed by atoms with van der Waals surface area (Å²) >= 11 is 2.98. The van der Waals surface area contributed by atoms with Crippen LogP contribution in [0.4, 0.5) is 17.6 Å².